The van der Waals surface area contributed by atoms with Crippen LogP contribution < -0.4 is 5.56 Å². The second-order valence-corrected chi connectivity index (χ2v) is 3.50. The molecular weight excluding hydrogens is 220 g/mol. The van der Waals surface area contributed by atoms with E-state index in [1.165, 1.54) is 17.0 Å². The number of carbonyl (C=O) groups is 1. The van der Waals surface area contributed by atoms with Gasteiger partial charge in [0, 0.05) is 12.4 Å². The lowest BCUT2D eigenvalue weighted by Gasteiger charge is -2.05. The monoisotopic (exact) mass is 230 g/mol. The molecule has 0 atom stereocenters. The Kier molecular flexibility index (Phi) is 3.00. The minimum absolute atomic E-state index is 0.336. The van der Waals surface area contributed by atoms with Crippen molar-refractivity contribution in [2.75, 3.05) is 0 Å². The third kappa shape index (κ3) is 2.39. The molecule has 0 aliphatic heterocycles. The molecule has 0 saturated heterocycles. The van der Waals surface area contributed by atoms with Crippen LogP contribution in [-0.2, 0) is 6.54 Å². The number of carboxylic acids is 1. The zero-order valence-electron chi connectivity index (χ0n) is 8.91. The molecule has 0 unspecified atom stereocenters. The highest BCUT2D eigenvalue weighted by atomic mass is 16.4. The molecule has 1 aromatic carbocycles. The Bertz CT molecular complexity index is 590. The van der Waals surface area contributed by atoms with E-state index in [1.54, 1.807) is 0 Å². The van der Waals surface area contributed by atoms with E-state index in [0.29, 0.717) is 6.54 Å². The topological polar surface area (TPSA) is 72.2 Å². The molecule has 0 bridgehead atoms. The molecule has 1 N–H and O–H groups in total. The van der Waals surface area contributed by atoms with Crippen molar-refractivity contribution in [3.05, 3.63) is 64.3 Å². The summed E-state index contributed by atoms with van der Waals surface area (Å²) in [7, 11) is 0. The summed E-state index contributed by atoms with van der Waals surface area (Å²) in [6, 6.07) is 9.33. The fourth-order valence-electron chi connectivity index (χ4n) is 1.50. The summed E-state index contributed by atoms with van der Waals surface area (Å²) in [4.78, 5) is 26.0. The van der Waals surface area contributed by atoms with Gasteiger partial charge in [-0.2, -0.15) is 0 Å². The van der Waals surface area contributed by atoms with Gasteiger partial charge in [0.1, 0.15) is 0 Å². The SMILES string of the molecule is O=C(O)c1nccn(Cc2ccccc2)c1=O. The van der Waals surface area contributed by atoms with Gasteiger partial charge in [0.2, 0.25) is 5.69 Å². The minimum Gasteiger partial charge on any atom is -0.476 e. The van der Waals surface area contributed by atoms with Crippen LogP contribution in [0.1, 0.15) is 16.1 Å². The normalized spacial score (nSPS) is 10.1. The summed E-state index contributed by atoms with van der Waals surface area (Å²) in [6.45, 7) is 0.336. The van der Waals surface area contributed by atoms with Crippen LogP contribution in [0.5, 0.6) is 0 Å². The average molecular weight is 230 g/mol. The summed E-state index contributed by atoms with van der Waals surface area (Å²) < 4.78 is 1.33. The van der Waals surface area contributed by atoms with Crippen molar-refractivity contribution in [1.82, 2.24) is 9.55 Å². The molecule has 0 saturated carbocycles. The van der Waals surface area contributed by atoms with Gasteiger partial charge in [-0.25, -0.2) is 9.78 Å². The van der Waals surface area contributed by atoms with Crippen LogP contribution in [0.15, 0.2) is 47.5 Å². The number of nitrogens with zero attached hydrogens (tertiary/aromatic N) is 2. The zero-order chi connectivity index (χ0) is 12.3. The Morgan fingerprint density at radius 3 is 2.65 bits per heavy atom. The first kappa shape index (κ1) is 11.1. The van der Waals surface area contributed by atoms with E-state index in [-0.39, 0.29) is 0 Å². The summed E-state index contributed by atoms with van der Waals surface area (Å²) >= 11 is 0. The Hall–Kier alpha value is -2.43. The predicted molar refractivity (Wildman–Crippen MR) is 61.0 cm³/mol. The molecule has 0 aliphatic carbocycles. The first-order valence-corrected chi connectivity index (χ1v) is 5.01. The number of hydrogen-bond acceptors (Lipinski definition) is 3. The van der Waals surface area contributed by atoms with Crippen molar-refractivity contribution in [2.45, 2.75) is 6.54 Å². The fourth-order valence-corrected chi connectivity index (χ4v) is 1.50. The van der Waals surface area contributed by atoms with Crippen LogP contribution in [0, 0.1) is 0 Å². The van der Waals surface area contributed by atoms with Crippen LogP contribution in [0.3, 0.4) is 0 Å². The van der Waals surface area contributed by atoms with Gasteiger partial charge in [-0.1, -0.05) is 30.3 Å². The van der Waals surface area contributed by atoms with E-state index >= 15 is 0 Å². The average Bonchev–Trinajstić information content (AvgIpc) is 2.33. The highest BCUT2D eigenvalue weighted by Crippen LogP contribution is 2.00. The number of benzene rings is 1. The van der Waals surface area contributed by atoms with Crippen LogP contribution in [-0.4, -0.2) is 20.6 Å². The third-order valence-electron chi connectivity index (χ3n) is 2.31. The van der Waals surface area contributed by atoms with Crippen LogP contribution >= 0.6 is 0 Å². The maximum Gasteiger partial charge on any atom is 0.360 e. The van der Waals surface area contributed by atoms with E-state index in [9.17, 15) is 9.59 Å². The Balaban J connectivity index is 2.38. The standard InChI is InChI=1S/C12H10N2O3/c15-11-10(12(16)17)13-6-7-14(11)8-9-4-2-1-3-5-9/h1-7H,8H2,(H,16,17). The molecule has 2 aromatic rings. The van der Waals surface area contributed by atoms with Gasteiger partial charge in [-0.05, 0) is 5.56 Å². The summed E-state index contributed by atoms with van der Waals surface area (Å²) in [5.41, 5.74) is -0.121. The van der Waals surface area contributed by atoms with Crippen molar-refractivity contribution >= 4 is 5.97 Å². The predicted octanol–water partition coefficient (Wildman–Crippen LogP) is 0.990. The molecular formula is C12H10N2O3. The van der Waals surface area contributed by atoms with Gasteiger partial charge >= 0.3 is 5.97 Å². The number of aromatic nitrogens is 2. The smallest absolute Gasteiger partial charge is 0.360 e. The summed E-state index contributed by atoms with van der Waals surface area (Å²) in [5.74, 6) is -1.31. The van der Waals surface area contributed by atoms with E-state index in [2.05, 4.69) is 4.98 Å². The molecule has 0 spiro atoms. The van der Waals surface area contributed by atoms with Crippen molar-refractivity contribution < 1.29 is 9.90 Å². The lowest BCUT2D eigenvalue weighted by Crippen LogP contribution is -2.27. The minimum atomic E-state index is -1.31. The Morgan fingerprint density at radius 2 is 2.00 bits per heavy atom. The lowest BCUT2D eigenvalue weighted by molar-refractivity contribution is 0.0687. The molecule has 2 rings (SSSR count). The van der Waals surface area contributed by atoms with Crippen molar-refractivity contribution in [3.8, 4) is 0 Å². The third-order valence-corrected chi connectivity index (χ3v) is 2.31. The van der Waals surface area contributed by atoms with Crippen molar-refractivity contribution in [3.63, 3.8) is 0 Å². The molecule has 5 heteroatoms. The summed E-state index contributed by atoms with van der Waals surface area (Å²) in [5, 5.41) is 8.78. The summed E-state index contributed by atoms with van der Waals surface area (Å²) in [6.07, 6.45) is 2.79. The molecule has 0 amide bonds. The maximum absolute atomic E-state index is 11.7. The van der Waals surface area contributed by atoms with Crippen molar-refractivity contribution in [2.24, 2.45) is 0 Å². The highest BCUT2D eigenvalue weighted by molar-refractivity contribution is 5.84. The zero-order valence-corrected chi connectivity index (χ0v) is 8.91. The van der Waals surface area contributed by atoms with Gasteiger partial charge < -0.3 is 9.67 Å². The quantitative estimate of drug-likeness (QED) is 0.853. The highest BCUT2D eigenvalue weighted by Gasteiger charge is 2.11. The molecule has 0 radical (unpaired) electrons. The second-order valence-electron chi connectivity index (χ2n) is 3.50. The molecule has 1 heterocycles. The Morgan fingerprint density at radius 1 is 1.29 bits per heavy atom. The van der Waals surface area contributed by atoms with E-state index < -0.39 is 17.2 Å². The first-order chi connectivity index (χ1) is 8.18. The molecule has 5 nitrogen and oxygen atoms in total. The van der Waals surface area contributed by atoms with E-state index in [0.717, 1.165) is 5.56 Å². The second kappa shape index (κ2) is 4.61. The molecule has 1 aromatic heterocycles. The first-order valence-electron chi connectivity index (χ1n) is 5.01. The van der Waals surface area contributed by atoms with Crippen LogP contribution in [0.4, 0.5) is 0 Å². The van der Waals surface area contributed by atoms with E-state index in [1.807, 2.05) is 30.3 Å². The molecule has 86 valence electrons. The maximum atomic E-state index is 11.7. The van der Waals surface area contributed by atoms with Crippen LogP contribution in [0.25, 0.3) is 0 Å². The van der Waals surface area contributed by atoms with E-state index in [4.69, 9.17) is 5.11 Å². The number of rotatable bonds is 3. The number of aromatic carboxylic acids is 1. The molecule has 0 fully saturated rings. The number of carboxylic acid groups (broad SMARTS) is 1. The Labute approximate surface area is 97.0 Å². The van der Waals surface area contributed by atoms with Gasteiger partial charge in [-0.3, -0.25) is 4.79 Å². The molecule has 17 heavy (non-hydrogen) atoms. The van der Waals surface area contributed by atoms with Gasteiger partial charge in [-0.15, -0.1) is 0 Å². The lowest BCUT2D eigenvalue weighted by atomic mass is 10.2. The van der Waals surface area contributed by atoms with Crippen molar-refractivity contribution in [1.29, 1.82) is 0 Å². The molecule has 0 aliphatic rings. The van der Waals surface area contributed by atoms with Gasteiger partial charge in [0.15, 0.2) is 0 Å². The van der Waals surface area contributed by atoms with Gasteiger partial charge in [0.25, 0.3) is 5.56 Å². The number of hydrogen-bond donors (Lipinski definition) is 1. The van der Waals surface area contributed by atoms with Gasteiger partial charge in [0.05, 0.1) is 6.54 Å². The van der Waals surface area contributed by atoms with Crippen LogP contribution in [0.2, 0.25) is 0 Å². The fraction of sp³-hybridized carbons (Fsp3) is 0.0833. The largest absolute Gasteiger partial charge is 0.476 e.